The van der Waals surface area contributed by atoms with Crippen molar-refractivity contribution in [2.75, 3.05) is 0 Å². The minimum absolute atomic E-state index is 0.0322. The van der Waals surface area contributed by atoms with Crippen molar-refractivity contribution in [1.29, 1.82) is 0 Å². The largest absolute Gasteiger partial charge is 0.507 e. The van der Waals surface area contributed by atoms with E-state index in [0.29, 0.717) is 30.3 Å². The van der Waals surface area contributed by atoms with E-state index in [2.05, 4.69) is 0 Å². The number of aryl methyl sites for hydroxylation is 1. The normalized spacial score (nSPS) is 21.5. The van der Waals surface area contributed by atoms with Crippen LogP contribution in [0.3, 0.4) is 0 Å². The summed E-state index contributed by atoms with van der Waals surface area (Å²) in [5.41, 5.74) is 14.0. The lowest BCUT2D eigenvalue weighted by atomic mass is 9.75. The van der Waals surface area contributed by atoms with Gasteiger partial charge in [-0.2, -0.15) is 0 Å². The molecule has 1 saturated heterocycles. The quantitative estimate of drug-likeness (QED) is 0.0494. The van der Waals surface area contributed by atoms with E-state index in [9.17, 15) is 44.7 Å². The number of carbonyl (C=O) groups is 4. The molecule has 1 aliphatic heterocycles. The third kappa shape index (κ3) is 6.60. The Balaban J connectivity index is 1.47. The molecule has 7 rings (SSSR count). The summed E-state index contributed by atoms with van der Waals surface area (Å²) in [6.07, 6.45) is -5.63. The fourth-order valence-corrected chi connectivity index (χ4v) is 7.78. The van der Waals surface area contributed by atoms with Crippen LogP contribution >= 0.6 is 0 Å². The van der Waals surface area contributed by atoms with Gasteiger partial charge in [-0.15, -0.1) is 0 Å². The van der Waals surface area contributed by atoms with E-state index in [0.717, 1.165) is 11.1 Å². The summed E-state index contributed by atoms with van der Waals surface area (Å²) < 4.78 is 17.4. The average Bonchev–Trinajstić information content (AvgIpc) is 3.18. The van der Waals surface area contributed by atoms with E-state index in [1.54, 1.807) is 18.2 Å². The van der Waals surface area contributed by atoms with Crippen LogP contribution in [0, 0.1) is 0 Å². The molecule has 14 heteroatoms. The van der Waals surface area contributed by atoms with Gasteiger partial charge in [0, 0.05) is 46.7 Å². The van der Waals surface area contributed by atoms with Gasteiger partial charge < -0.3 is 51.2 Å². The number of phenolic OH excluding ortho intramolecular Hbond substituents is 1. The number of carbonyl (C=O) groups excluding carboxylic acids is 4. The summed E-state index contributed by atoms with van der Waals surface area (Å²) in [5, 5.41) is 54.5. The molecule has 9 N–H and O–H groups in total. The van der Waals surface area contributed by atoms with Gasteiger partial charge in [0.25, 0.3) is 0 Å². The minimum atomic E-state index is -1.81. The summed E-state index contributed by atoms with van der Waals surface area (Å²) >= 11 is 0. The van der Waals surface area contributed by atoms with E-state index in [1.807, 2.05) is 30.3 Å². The molecule has 0 amide bonds. The van der Waals surface area contributed by atoms with Crippen LogP contribution in [0.15, 0.2) is 54.6 Å². The van der Waals surface area contributed by atoms with Crippen LogP contribution in [-0.4, -0.2) is 80.1 Å². The molecule has 3 aliphatic rings. The van der Waals surface area contributed by atoms with Gasteiger partial charge in [-0.3, -0.25) is 19.2 Å². The number of benzene rings is 4. The number of rotatable bonds is 9. The maximum absolute atomic E-state index is 15.0. The Morgan fingerprint density at radius 1 is 0.911 bits per heavy atom. The number of hydrogen-bond acceptors (Lipinski definition) is 14. The van der Waals surface area contributed by atoms with E-state index >= 15 is 0 Å². The van der Waals surface area contributed by atoms with Crippen molar-refractivity contribution in [2.24, 2.45) is 11.5 Å². The van der Waals surface area contributed by atoms with Gasteiger partial charge in [0.15, 0.2) is 17.9 Å². The number of ether oxygens (including phenoxy) is 3. The highest BCUT2D eigenvalue weighted by Gasteiger charge is 2.45. The number of esters is 1. The van der Waals surface area contributed by atoms with Crippen LogP contribution in [0.4, 0.5) is 0 Å². The number of allylic oxidation sites excluding steroid dienone is 1. The first kappa shape index (κ1) is 38.7. The molecular weight excluding hydrogens is 724 g/mol. The van der Waals surface area contributed by atoms with Gasteiger partial charge in [-0.25, -0.2) is 0 Å². The number of phenols is 1. The predicted octanol–water partition coefficient (Wildman–Crippen LogP) is 2.60. The molecule has 290 valence electrons. The standard InChI is InChI=1S/C42H40N2O12/c1-18-35(48)39(52)40(53)42(54-18)56-29-15-27-33(36(49)26(29)13-22-8-5-9-25(41(43)44)28(22)17-46)38(51)32-24(16-45)14-30(55-19(2)47)31(34(32)37(27)50)23-11-10-20-6-3-4-7-21(20)12-23/h3-9,12,14-15,17-18,35,39-42,45,48-49,52-53H,10-11,13,16,43-44H2,1-2H3. The van der Waals surface area contributed by atoms with Crippen LogP contribution in [0.1, 0.15) is 108 Å². The molecule has 5 atom stereocenters. The first-order chi connectivity index (χ1) is 26.7. The van der Waals surface area contributed by atoms with Gasteiger partial charge in [0.05, 0.1) is 24.4 Å². The highest BCUT2D eigenvalue weighted by atomic mass is 16.7. The highest BCUT2D eigenvalue weighted by molar-refractivity contribution is 6.31. The number of fused-ring (bicyclic) bond motifs is 3. The predicted molar refractivity (Wildman–Crippen MR) is 200 cm³/mol. The summed E-state index contributed by atoms with van der Waals surface area (Å²) in [4.78, 5) is 54.5. The lowest BCUT2D eigenvalue weighted by Gasteiger charge is -2.39. The number of aliphatic hydroxyl groups is 4. The van der Waals surface area contributed by atoms with Crippen molar-refractivity contribution in [1.82, 2.24) is 0 Å². The van der Waals surface area contributed by atoms with Crippen LogP contribution in [0.5, 0.6) is 17.2 Å². The Bertz CT molecular complexity index is 2330. The molecule has 5 unspecified atom stereocenters. The fraction of sp³-hybridized carbons (Fsp3) is 0.286. The summed E-state index contributed by atoms with van der Waals surface area (Å²) in [6.45, 7) is 1.89. The van der Waals surface area contributed by atoms with E-state index in [-0.39, 0.29) is 62.4 Å². The van der Waals surface area contributed by atoms with Crippen LogP contribution in [-0.2, 0) is 29.0 Å². The molecule has 2 aliphatic carbocycles. The number of aldehydes is 1. The van der Waals surface area contributed by atoms with Crippen LogP contribution in [0.2, 0.25) is 0 Å². The van der Waals surface area contributed by atoms with Gasteiger partial charge in [0.2, 0.25) is 6.29 Å². The van der Waals surface area contributed by atoms with Crippen LogP contribution < -0.4 is 20.9 Å². The second-order valence-corrected chi connectivity index (χ2v) is 14.1. The lowest BCUT2D eigenvalue weighted by molar-refractivity contribution is -0.268. The van der Waals surface area contributed by atoms with E-state index in [4.69, 9.17) is 25.7 Å². The van der Waals surface area contributed by atoms with E-state index < -0.39 is 72.3 Å². The molecule has 0 saturated carbocycles. The minimum Gasteiger partial charge on any atom is -0.507 e. The van der Waals surface area contributed by atoms with Crippen LogP contribution in [0.25, 0.3) is 11.6 Å². The van der Waals surface area contributed by atoms with Crippen molar-refractivity contribution in [3.8, 4) is 17.2 Å². The monoisotopic (exact) mass is 764 g/mol. The Hall–Kier alpha value is -5.58. The molecule has 0 bridgehead atoms. The molecule has 0 radical (unpaired) electrons. The Morgan fingerprint density at radius 3 is 2.36 bits per heavy atom. The number of aromatic hydroxyl groups is 1. The van der Waals surface area contributed by atoms with Gasteiger partial charge in [0.1, 0.15) is 35.6 Å². The molecule has 56 heavy (non-hydrogen) atoms. The SMILES string of the molecule is CC(=O)Oc1cc(CO)c2c(c1C1=Cc3ccccc3CC1)C(=O)c1cc(OC3OC(C)C(O)C(O)C3O)c(Cc3cccc(C(N)N)c3C=O)c(O)c1C2=O. The van der Waals surface area contributed by atoms with Gasteiger partial charge in [-0.05, 0) is 65.3 Å². The molecule has 14 nitrogen and oxygen atoms in total. The zero-order chi connectivity index (χ0) is 40.2. The van der Waals surface area contributed by atoms with Gasteiger partial charge in [-0.1, -0.05) is 48.5 Å². The zero-order valence-electron chi connectivity index (χ0n) is 30.4. The smallest absolute Gasteiger partial charge is 0.308 e. The third-order valence-corrected chi connectivity index (χ3v) is 10.6. The molecule has 4 aromatic carbocycles. The Morgan fingerprint density at radius 2 is 1.66 bits per heavy atom. The summed E-state index contributed by atoms with van der Waals surface area (Å²) in [7, 11) is 0. The van der Waals surface area contributed by atoms with Crippen molar-refractivity contribution in [2.45, 2.75) is 76.6 Å². The molecule has 1 fully saturated rings. The molecule has 4 aromatic rings. The molecular formula is C42H40N2O12. The Labute approximate surface area is 320 Å². The van der Waals surface area contributed by atoms with E-state index in [1.165, 1.54) is 26.0 Å². The zero-order valence-corrected chi connectivity index (χ0v) is 30.4. The first-order valence-corrected chi connectivity index (χ1v) is 18.0. The maximum atomic E-state index is 15.0. The first-order valence-electron chi connectivity index (χ1n) is 18.0. The lowest BCUT2D eigenvalue weighted by Crippen LogP contribution is -2.58. The van der Waals surface area contributed by atoms with Crippen molar-refractivity contribution in [3.05, 3.63) is 121 Å². The summed E-state index contributed by atoms with van der Waals surface area (Å²) in [6, 6.07) is 14.9. The van der Waals surface area contributed by atoms with Crippen molar-refractivity contribution in [3.63, 3.8) is 0 Å². The third-order valence-electron chi connectivity index (χ3n) is 10.6. The number of hydrogen-bond donors (Lipinski definition) is 7. The number of aliphatic hydroxyl groups excluding tert-OH is 4. The topological polar surface area (TPSA) is 249 Å². The molecule has 0 spiro atoms. The molecule has 0 aromatic heterocycles. The van der Waals surface area contributed by atoms with Crippen molar-refractivity contribution < 1.29 is 58.9 Å². The van der Waals surface area contributed by atoms with Gasteiger partial charge >= 0.3 is 5.97 Å². The van der Waals surface area contributed by atoms with Crippen molar-refractivity contribution >= 4 is 35.5 Å². The summed E-state index contributed by atoms with van der Waals surface area (Å²) in [5.74, 6) is -3.34. The fourth-order valence-electron chi connectivity index (χ4n) is 7.78. The average molecular weight is 765 g/mol. The highest BCUT2D eigenvalue weighted by Crippen LogP contribution is 2.47. The number of nitrogens with two attached hydrogens (primary N) is 2. The Kier molecular flexibility index (Phi) is 10.5. The molecule has 1 heterocycles. The number of ketones is 2. The maximum Gasteiger partial charge on any atom is 0.308 e. The second-order valence-electron chi connectivity index (χ2n) is 14.1. The second kappa shape index (κ2) is 15.2.